The van der Waals surface area contributed by atoms with E-state index in [9.17, 15) is 0 Å². The van der Waals surface area contributed by atoms with Crippen molar-refractivity contribution >= 4 is 43.6 Å². The van der Waals surface area contributed by atoms with Crippen molar-refractivity contribution in [2.24, 2.45) is 0 Å². The van der Waals surface area contributed by atoms with Crippen LogP contribution in [0, 0.1) is 0 Å². The van der Waals surface area contributed by atoms with Gasteiger partial charge in [-0.05, 0) is 70.8 Å². The van der Waals surface area contributed by atoms with Crippen LogP contribution in [0.5, 0.6) is 0 Å². The fourth-order valence-corrected chi connectivity index (χ4v) is 6.70. The molecule has 0 aliphatic heterocycles. The molecule has 2 aromatic heterocycles. The lowest BCUT2D eigenvalue weighted by Crippen LogP contribution is -1.95. The lowest BCUT2D eigenvalue weighted by Gasteiger charge is -2.11. The second kappa shape index (κ2) is 9.86. The van der Waals surface area contributed by atoms with Gasteiger partial charge in [0.2, 0.25) is 0 Å². The maximum Gasteiger partial charge on any atom is 0.0629 e. The van der Waals surface area contributed by atoms with Crippen LogP contribution in [0.3, 0.4) is 0 Å². The van der Waals surface area contributed by atoms with E-state index in [2.05, 4.69) is 112 Å². The summed E-state index contributed by atoms with van der Waals surface area (Å²) in [5, 5.41) is 4.66. The summed E-state index contributed by atoms with van der Waals surface area (Å²) in [5.74, 6) is 0. The van der Waals surface area contributed by atoms with Crippen molar-refractivity contribution in [3.8, 4) is 33.6 Å². The number of hydrogen-bond donors (Lipinski definition) is 0. The Morgan fingerprint density at radius 1 is 0.364 bits per heavy atom. The van der Waals surface area contributed by atoms with Crippen molar-refractivity contribution in [3.05, 3.63) is 170 Å². The molecule has 0 amide bonds. The molecule has 0 unspecified atom stereocenters. The molecule has 0 aliphatic carbocycles. The van der Waals surface area contributed by atoms with E-state index < -0.39 is 6.04 Å². The Kier molecular flexibility index (Phi) is 4.51. The zero-order valence-electron chi connectivity index (χ0n) is 28.7. The number of nitrogens with zero attached hydrogens (tertiary/aromatic N) is 2. The Bertz CT molecular complexity index is 2730. The van der Waals surface area contributed by atoms with Crippen LogP contribution >= 0.6 is 0 Å². The fourth-order valence-electron chi connectivity index (χ4n) is 6.70. The molecule has 206 valence electrons. The molecule has 7 aromatic carbocycles. The van der Waals surface area contributed by atoms with E-state index in [1.54, 1.807) is 0 Å². The van der Waals surface area contributed by atoms with Crippen LogP contribution in [0.4, 0.5) is 0 Å². The number of para-hydroxylation sites is 2. The maximum atomic E-state index is 8.46. The van der Waals surface area contributed by atoms with Gasteiger partial charge in [-0.25, -0.2) is 0 Å². The Morgan fingerprint density at radius 2 is 0.909 bits per heavy atom. The second-order valence-corrected chi connectivity index (χ2v) is 11.0. The van der Waals surface area contributed by atoms with Gasteiger partial charge in [0.25, 0.3) is 0 Å². The molecule has 44 heavy (non-hydrogen) atoms. The van der Waals surface area contributed by atoms with E-state index in [0.29, 0.717) is 5.56 Å². The number of rotatable bonds is 4. The van der Waals surface area contributed by atoms with Crippen LogP contribution in [0.2, 0.25) is 0 Å². The van der Waals surface area contributed by atoms with E-state index >= 15 is 0 Å². The summed E-state index contributed by atoms with van der Waals surface area (Å²) in [5.41, 5.74) is 9.50. The first-order valence-electron chi connectivity index (χ1n) is 17.2. The summed E-state index contributed by atoms with van der Waals surface area (Å²) in [6, 6.07) is 46.7. The molecule has 2 nitrogen and oxygen atoms in total. The van der Waals surface area contributed by atoms with Crippen molar-refractivity contribution in [2.75, 3.05) is 0 Å². The predicted octanol–water partition coefficient (Wildman–Crippen LogP) is 11.2. The third-order valence-corrected chi connectivity index (χ3v) is 8.60. The van der Waals surface area contributed by atoms with Crippen LogP contribution < -0.4 is 0 Å². The molecular formula is C42H28N2. The van der Waals surface area contributed by atoms with Crippen molar-refractivity contribution in [3.63, 3.8) is 0 Å². The Labute approximate surface area is 262 Å². The van der Waals surface area contributed by atoms with Gasteiger partial charge in [0.15, 0.2) is 0 Å². The Morgan fingerprint density at radius 3 is 1.57 bits per heavy atom. The molecule has 2 heteroatoms. The maximum absolute atomic E-state index is 8.46. The summed E-state index contributed by atoms with van der Waals surface area (Å²) in [4.78, 5) is 0. The first kappa shape index (κ1) is 20.1. The first-order valence-corrected chi connectivity index (χ1v) is 14.7. The second-order valence-electron chi connectivity index (χ2n) is 11.0. The quantitative estimate of drug-likeness (QED) is 0.201. The summed E-state index contributed by atoms with van der Waals surface area (Å²) in [6.45, 7) is 0. The fraction of sp³-hybridized carbons (Fsp3) is 0. The van der Waals surface area contributed by atoms with Crippen LogP contribution in [-0.2, 0) is 0 Å². The van der Waals surface area contributed by atoms with Gasteiger partial charge in [0, 0.05) is 32.9 Å². The molecule has 0 saturated carbocycles. The molecule has 0 radical (unpaired) electrons. The van der Waals surface area contributed by atoms with Gasteiger partial charge in [-0.2, -0.15) is 0 Å². The van der Waals surface area contributed by atoms with Gasteiger partial charge in [-0.1, -0.05) is 121 Å². The molecule has 0 bridgehead atoms. The first-order chi connectivity index (χ1) is 23.9. The number of hydrogen-bond acceptors (Lipinski definition) is 0. The average Bonchev–Trinajstić information content (AvgIpc) is 3.67. The largest absolute Gasteiger partial charge is 0.309 e. The summed E-state index contributed by atoms with van der Waals surface area (Å²) < 4.78 is 45.8. The molecule has 9 aromatic rings. The molecule has 9 rings (SSSR count). The molecule has 2 heterocycles. The van der Waals surface area contributed by atoms with Crippen molar-refractivity contribution in [1.29, 1.82) is 0 Å². The van der Waals surface area contributed by atoms with Gasteiger partial charge in [-0.15, -0.1) is 0 Å². The Hall–Kier alpha value is -5.86. The lowest BCUT2D eigenvalue weighted by atomic mass is 10.0. The number of benzene rings is 7. The normalized spacial score (nSPS) is 13.2. The zero-order valence-corrected chi connectivity index (χ0v) is 23.7. The van der Waals surface area contributed by atoms with E-state index in [-0.39, 0.29) is 29.7 Å². The minimum absolute atomic E-state index is 0.200. The zero-order chi connectivity index (χ0) is 33.4. The molecule has 0 spiro atoms. The predicted molar refractivity (Wildman–Crippen MR) is 186 cm³/mol. The highest BCUT2D eigenvalue weighted by atomic mass is 15.0. The highest BCUT2D eigenvalue weighted by molar-refractivity contribution is 6.28. The van der Waals surface area contributed by atoms with Gasteiger partial charge < -0.3 is 9.13 Å². The standard InChI is InChI=1S/C42H28N2/c1-3-12-29(13-4-1)31-22-24-33(25-23-31)43-37-20-9-7-18-35(37)41-39(43)26-27-40-42(41)36-19-8-10-21-38(36)44(40)34-17-11-16-32(28-34)30-14-5-2-6-15-30/h1-28H/i1D,3D,4D,12D,13D. The summed E-state index contributed by atoms with van der Waals surface area (Å²) in [6.07, 6.45) is 0. The average molecular weight is 566 g/mol. The monoisotopic (exact) mass is 565 g/mol. The van der Waals surface area contributed by atoms with Gasteiger partial charge in [-0.3, -0.25) is 0 Å². The van der Waals surface area contributed by atoms with E-state index in [4.69, 9.17) is 6.85 Å². The number of fused-ring (bicyclic) bond motifs is 7. The molecule has 0 aliphatic rings. The SMILES string of the molecule is [2H]c1c([2H])c([2H])c(-c2ccc(-n3c4ccccc4c4c5c6ccccc6n(-c6cccc(-c7ccccc7)c6)c5ccc43)cc2)c([2H])c1[2H]. The molecule has 0 saturated heterocycles. The third-order valence-electron chi connectivity index (χ3n) is 8.60. The van der Waals surface area contributed by atoms with E-state index in [1.165, 1.54) is 16.3 Å². The van der Waals surface area contributed by atoms with Crippen molar-refractivity contribution in [2.45, 2.75) is 0 Å². The van der Waals surface area contributed by atoms with Crippen molar-refractivity contribution in [1.82, 2.24) is 9.13 Å². The highest BCUT2D eigenvalue weighted by Crippen LogP contribution is 2.42. The summed E-state index contributed by atoms with van der Waals surface area (Å²) >= 11 is 0. The lowest BCUT2D eigenvalue weighted by molar-refractivity contribution is 1.17. The van der Waals surface area contributed by atoms with Crippen LogP contribution in [-0.4, -0.2) is 9.13 Å². The number of aromatic nitrogens is 2. The van der Waals surface area contributed by atoms with Gasteiger partial charge >= 0.3 is 0 Å². The van der Waals surface area contributed by atoms with Crippen LogP contribution in [0.25, 0.3) is 77.2 Å². The van der Waals surface area contributed by atoms with E-state index in [1.807, 2.05) is 36.4 Å². The topological polar surface area (TPSA) is 9.86 Å². The Balaban J connectivity index is 1.28. The minimum atomic E-state index is -0.391. The van der Waals surface area contributed by atoms with Gasteiger partial charge in [0.1, 0.15) is 0 Å². The van der Waals surface area contributed by atoms with Gasteiger partial charge in [0.05, 0.1) is 28.9 Å². The molecule has 0 N–H and O–H groups in total. The smallest absolute Gasteiger partial charge is 0.0629 e. The van der Waals surface area contributed by atoms with E-state index in [0.717, 1.165) is 49.8 Å². The summed E-state index contributed by atoms with van der Waals surface area (Å²) in [7, 11) is 0. The highest BCUT2D eigenvalue weighted by Gasteiger charge is 2.20. The minimum Gasteiger partial charge on any atom is -0.309 e. The molecular weight excluding hydrogens is 532 g/mol. The third kappa shape index (κ3) is 3.75. The molecule has 0 atom stereocenters. The van der Waals surface area contributed by atoms with Crippen LogP contribution in [0.15, 0.2) is 170 Å². The van der Waals surface area contributed by atoms with Crippen molar-refractivity contribution < 1.29 is 6.85 Å². The molecule has 0 fully saturated rings. The van der Waals surface area contributed by atoms with Crippen LogP contribution in [0.1, 0.15) is 6.85 Å².